The van der Waals surface area contributed by atoms with Gasteiger partial charge in [0, 0.05) is 28.5 Å². The van der Waals surface area contributed by atoms with Gasteiger partial charge in [0.15, 0.2) is 0 Å². The molecule has 4 heteroatoms. The summed E-state index contributed by atoms with van der Waals surface area (Å²) < 4.78 is 0. The molecule has 2 rings (SSSR count). The molecule has 0 amide bonds. The molecule has 1 aromatic carbocycles. The van der Waals surface area contributed by atoms with E-state index >= 15 is 0 Å². The summed E-state index contributed by atoms with van der Waals surface area (Å²) >= 11 is 12.2. The summed E-state index contributed by atoms with van der Waals surface area (Å²) in [6, 6.07) is 10.2. The highest BCUT2D eigenvalue weighted by atomic mass is 35.5. The molecule has 0 saturated heterocycles. The molecular weight excluding hydrogens is 303 g/mol. The first-order valence-electron chi connectivity index (χ1n) is 7.25. The normalized spacial score (nSPS) is 12.3. The summed E-state index contributed by atoms with van der Waals surface area (Å²) in [5.74, 6) is 0. The fourth-order valence-electron chi connectivity index (χ4n) is 2.32. The Bertz CT molecular complexity index is 558. The summed E-state index contributed by atoms with van der Waals surface area (Å²) in [5, 5.41) is 5.01. The molecule has 21 heavy (non-hydrogen) atoms. The predicted octanol–water partition coefficient (Wildman–Crippen LogP) is 4.54. The van der Waals surface area contributed by atoms with Crippen LogP contribution in [0.25, 0.3) is 0 Å². The maximum Gasteiger partial charge on any atom is 0.0453 e. The lowest BCUT2D eigenvalue weighted by Gasteiger charge is -2.19. The molecular formula is C17H20Cl2N2. The van der Waals surface area contributed by atoms with E-state index < -0.39 is 0 Å². The predicted molar refractivity (Wildman–Crippen MR) is 90.2 cm³/mol. The summed E-state index contributed by atoms with van der Waals surface area (Å²) in [6.07, 6.45) is 6.63. The van der Waals surface area contributed by atoms with Crippen molar-refractivity contribution < 1.29 is 0 Å². The van der Waals surface area contributed by atoms with Gasteiger partial charge in [-0.1, -0.05) is 36.2 Å². The molecule has 1 aromatic heterocycles. The Hall–Kier alpha value is -1.09. The van der Waals surface area contributed by atoms with Crippen LogP contribution in [0.4, 0.5) is 0 Å². The second-order valence-electron chi connectivity index (χ2n) is 5.15. The Labute approximate surface area is 136 Å². The number of nitrogens with one attached hydrogen (secondary N) is 1. The molecule has 0 radical (unpaired) electrons. The van der Waals surface area contributed by atoms with Gasteiger partial charge in [-0.15, -0.1) is 0 Å². The van der Waals surface area contributed by atoms with Gasteiger partial charge in [-0.3, -0.25) is 4.98 Å². The van der Waals surface area contributed by atoms with Gasteiger partial charge in [-0.2, -0.15) is 0 Å². The first-order chi connectivity index (χ1) is 10.2. The van der Waals surface area contributed by atoms with Gasteiger partial charge in [-0.25, -0.2) is 0 Å². The summed E-state index contributed by atoms with van der Waals surface area (Å²) in [7, 11) is 0. The van der Waals surface area contributed by atoms with Crippen LogP contribution in [0.1, 0.15) is 24.5 Å². The lowest BCUT2D eigenvalue weighted by atomic mass is 9.99. The van der Waals surface area contributed by atoms with E-state index in [2.05, 4.69) is 29.4 Å². The molecule has 0 saturated carbocycles. The van der Waals surface area contributed by atoms with Crippen LogP contribution in [-0.4, -0.2) is 17.6 Å². The van der Waals surface area contributed by atoms with E-state index in [9.17, 15) is 0 Å². The molecule has 0 aliphatic carbocycles. The number of benzene rings is 1. The molecule has 0 aliphatic heterocycles. The van der Waals surface area contributed by atoms with Crippen molar-refractivity contribution in [2.45, 2.75) is 32.2 Å². The van der Waals surface area contributed by atoms with Gasteiger partial charge in [-0.05, 0) is 61.2 Å². The van der Waals surface area contributed by atoms with Gasteiger partial charge in [0.2, 0.25) is 0 Å². The van der Waals surface area contributed by atoms with Crippen molar-refractivity contribution in [2.24, 2.45) is 0 Å². The maximum absolute atomic E-state index is 6.29. The van der Waals surface area contributed by atoms with E-state index in [1.807, 2.05) is 30.6 Å². The van der Waals surface area contributed by atoms with Crippen molar-refractivity contribution in [2.75, 3.05) is 6.54 Å². The van der Waals surface area contributed by atoms with Crippen LogP contribution in [0, 0.1) is 0 Å². The molecule has 1 atom stereocenters. The number of pyridine rings is 1. The number of hydrogen-bond donors (Lipinski definition) is 1. The molecule has 2 nitrogen and oxygen atoms in total. The zero-order valence-corrected chi connectivity index (χ0v) is 13.7. The topological polar surface area (TPSA) is 24.9 Å². The lowest BCUT2D eigenvalue weighted by Crippen LogP contribution is -2.33. The van der Waals surface area contributed by atoms with Crippen molar-refractivity contribution in [3.8, 4) is 0 Å². The van der Waals surface area contributed by atoms with E-state index in [-0.39, 0.29) is 0 Å². The van der Waals surface area contributed by atoms with E-state index in [1.165, 1.54) is 5.56 Å². The van der Waals surface area contributed by atoms with Crippen molar-refractivity contribution in [1.29, 1.82) is 0 Å². The van der Waals surface area contributed by atoms with Crippen LogP contribution in [0.2, 0.25) is 10.0 Å². The minimum absolute atomic E-state index is 0.353. The molecule has 0 bridgehead atoms. The Morgan fingerprint density at radius 3 is 2.52 bits per heavy atom. The Morgan fingerprint density at radius 2 is 1.86 bits per heavy atom. The van der Waals surface area contributed by atoms with Gasteiger partial charge >= 0.3 is 0 Å². The van der Waals surface area contributed by atoms with Gasteiger partial charge in [0.25, 0.3) is 0 Å². The highest BCUT2D eigenvalue weighted by molar-refractivity contribution is 6.35. The maximum atomic E-state index is 6.29. The minimum Gasteiger partial charge on any atom is -0.313 e. The fraction of sp³-hybridized carbons (Fsp3) is 0.353. The number of nitrogens with zero attached hydrogens (tertiary/aromatic N) is 1. The van der Waals surface area contributed by atoms with Crippen LogP contribution >= 0.6 is 23.2 Å². The highest BCUT2D eigenvalue weighted by Gasteiger charge is 2.12. The lowest BCUT2D eigenvalue weighted by molar-refractivity contribution is 0.504. The standard InChI is InChI=1S/C17H20Cl2N2/c1-2-7-21-16(10-13-5-8-20-9-6-13)11-14-3-4-15(18)12-17(14)19/h3-6,8-9,12,16,21H,2,7,10-11H2,1H3. The molecule has 0 aliphatic rings. The van der Waals surface area contributed by atoms with Crippen LogP contribution in [0.15, 0.2) is 42.7 Å². The van der Waals surface area contributed by atoms with Gasteiger partial charge in [0.05, 0.1) is 0 Å². The third-order valence-electron chi connectivity index (χ3n) is 3.40. The summed E-state index contributed by atoms with van der Waals surface area (Å²) in [5.41, 5.74) is 2.41. The number of aromatic nitrogens is 1. The molecule has 112 valence electrons. The minimum atomic E-state index is 0.353. The molecule has 1 heterocycles. The van der Waals surface area contributed by atoms with E-state index in [0.29, 0.717) is 11.1 Å². The number of hydrogen-bond acceptors (Lipinski definition) is 2. The van der Waals surface area contributed by atoms with Gasteiger partial charge in [0.1, 0.15) is 0 Å². The highest BCUT2D eigenvalue weighted by Crippen LogP contribution is 2.22. The summed E-state index contributed by atoms with van der Waals surface area (Å²) in [6.45, 7) is 3.17. The smallest absolute Gasteiger partial charge is 0.0453 e. The zero-order valence-electron chi connectivity index (χ0n) is 12.2. The van der Waals surface area contributed by atoms with Crippen molar-refractivity contribution in [3.63, 3.8) is 0 Å². The Morgan fingerprint density at radius 1 is 1.10 bits per heavy atom. The summed E-state index contributed by atoms with van der Waals surface area (Å²) in [4.78, 5) is 4.07. The van der Waals surface area contributed by atoms with Crippen molar-refractivity contribution >= 4 is 23.2 Å². The third kappa shape index (κ3) is 5.31. The molecule has 0 spiro atoms. The van der Waals surface area contributed by atoms with E-state index in [0.717, 1.165) is 36.4 Å². The molecule has 2 aromatic rings. The monoisotopic (exact) mass is 322 g/mol. The first kappa shape index (κ1) is 16.3. The Balaban J connectivity index is 2.08. The zero-order chi connectivity index (χ0) is 15.1. The van der Waals surface area contributed by atoms with Crippen LogP contribution < -0.4 is 5.32 Å². The second-order valence-corrected chi connectivity index (χ2v) is 5.99. The number of halogens is 2. The fourth-order valence-corrected chi connectivity index (χ4v) is 2.81. The number of rotatable bonds is 7. The second kappa shape index (κ2) is 8.38. The SMILES string of the molecule is CCCNC(Cc1ccncc1)Cc1ccc(Cl)cc1Cl. The van der Waals surface area contributed by atoms with E-state index in [1.54, 1.807) is 0 Å². The Kier molecular flexibility index (Phi) is 6.50. The average molecular weight is 323 g/mol. The first-order valence-corrected chi connectivity index (χ1v) is 8.01. The van der Waals surface area contributed by atoms with Crippen molar-refractivity contribution in [3.05, 3.63) is 63.9 Å². The largest absolute Gasteiger partial charge is 0.313 e. The third-order valence-corrected chi connectivity index (χ3v) is 3.98. The quantitative estimate of drug-likeness (QED) is 0.809. The van der Waals surface area contributed by atoms with Gasteiger partial charge < -0.3 is 5.32 Å². The van der Waals surface area contributed by atoms with Crippen LogP contribution in [0.3, 0.4) is 0 Å². The van der Waals surface area contributed by atoms with Crippen molar-refractivity contribution in [1.82, 2.24) is 10.3 Å². The molecule has 0 fully saturated rings. The average Bonchev–Trinajstić information content (AvgIpc) is 2.48. The van der Waals surface area contributed by atoms with Crippen LogP contribution in [-0.2, 0) is 12.8 Å². The van der Waals surface area contributed by atoms with Crippen LogP contribution in [0.5, 0.6) is 0 Å². The molecule has 1 unspecified atom stereocenters. The van der Waals surface area contributed by atoms with E-state index in [4.69, 9.17) is 23.2 Å². The molecule has 1 N–H and O–H groups in total.